The Kier molecular flexibility index (Phi) is 16.0. The van der Waals surface area contributed by atoms with Gasteiger partial charge in [0.25, 0.3) is 16.0 Å². The molecule has 0 radical (unpaired) electrons. The number of rotatable bonds is 16. The number of sulfone groups is 1. The Morgan fingerprint density at radius 3 is 2.05 bits per heavy atom. The molecule has 0 bridgehead atoms. The first-order chi connectivity index (χ1) is 20.2. The van der Waals surface area contributed by atoms with Crippen molar-refractivity contribution in [1.29, 1.82) is 0 Å². The molecule has 14 nitrogen and oxygen atoms in total. The lowest BCUT2D eigenvalue weighted by molar-refractivity contribution is -0.139. The average Bonchev–Trinajstić information content (AvgIpc) is 2.91. The zero-order valence-electron chi connectivity index (χ0n) is 24.6. The number of carboxylic acid groups (broad SMARTS) is 2. The quantitative estimate of drug-likeness (QED) is 0.114. The summed E-state index contributed by atoms with van der Waals surface area (Å²) >= 11 is 0. The normalized spacial score (nSPS) is 13.0. The molecule has 0 saturated heterocycles. The Morgan fingerprint density at radius 2 is 1.61 bits per heavy atom. The zero-order chi connectivity index (χ0) is 34.4. The smallest absolute Gasteiger partial charge is 0.407 e. The van der Waals surface area contributed by atoms with Crippen LogP contribution >= 0.6 is 0 Å². The Labute approximate surface area is 257 Å². The van der Waals surface area contributed by atoms with E-state index in [0.717, 1.165) is 12.3 Å². The van der Waals surface area contributed by atoms with Gasteiger partial charge in [-0.3, -0.25) is 9.35 Å². The first-order valence-corrected chi connectivity index (χ1v) is 16.3. The molecule has 3 atom stereocenters. The number of aliphatic carboxylic acids is 1. The van der Waals surface area contributed by atoms with E-state index in [1.165, 1.54) is 19.9 Å². The maximum atomic E-state index is 12.9. The molecule has 0 aromatic heterocycles. The predicted molar refractivity (Wildman–Crippen MR) is 165 cm³/mol. The van der Waals surface area contributed by atoms with E-state index < -0.39 is 73.5 Å². The summed E-state index contributed by atoms with van der Waals surface area (Å²) in [7, 11) is -8.71. The van der Waals surface area contributed by atoms with Crippen LogP contribution < -0.4 is 5.32 Å². The van der Waals surface area contributed by atoms with Gasteiger partial charge in [0.2, 0.25) is 0 Å². The molecule has 244 valence electrons. The molecule has 1 aromatic carbocycles. The lowest BCUT2D eigenvalue weighted by Gasteiger charge is -2.33. The lowest BCUT2D eigenvalue weighted by atomic mass is 10.00. The van der Waals surface area contributed by atoms with Gasteiger partial charge in [0.15, 0.2) is 5.37 Å². The van der Waals surface area contributed by atoms with Crippen LogP contribution in [0.15, 0.2) is 62.2 Å². The van der Waals surface area contributed by atoms with Crippen LogP contribution in [-0.2, 0) is 39.1 Å². The highest BCUT2D eigenvalue weighted by Crippen LogP contribution is 2.21. The minimum Gasteiger partial charge on any atom is -0.478 e. The number of esters is 1. The largest absolute Gasteiger partial charge is 0.478 e. The minimum atomic E-state index is -4.97. The summed E-state index contributed by atoms with van der Waals surface area (Å²) in [5.74, 6) is -4.60. The van der Waals surface area contributed by atoms with Crippen molar-refractivity contribution in [3.63, 3.8) is 0 Å². The molecule has 44 heavy (non-hydrogen) atoms. The van der Waals surface area contributed by atoms with Crippen molar-refractivity contribution in [3.8, 4) is 0 Å². The van der Waals surface area contributed by atoms with E-state index in [1.807, 2.05) is 0 Å². The fraction of sp³-hybridized carbons (Fsp3) is 0.357. The average molecular weight is 659 g/mol. The van der Waals surface area contributed by atoms with E-state index in [2.05, 4.69) is 31.6 Å². The molecule has 0 aliphatic heterocycles. The molecule has 0 spiro atoms. The molecule has 0 aliphatic carbocycles. The highest BCUT2D eigenvalue weighted by Gasteiger charge is 2.36. The Bertz CT molecular complexity index is 1480. The summed E-state index contributed by atoms with van der Waals surface area (Å²) in [5.41, 5.74) is 0.858. The number of ether oxygens (including phenoxy) is 1. The fourth-order valence-electron chi connectivity index (χ4n) is 3.68. The first-order valence-electron chi connectivity index (χ1n) is 12.7. The van der Waals surface area contributed by atoms with Crippen LogP contribution in [0.25, 0.3) is 11.6 Å². The molecular weight excluding hydrogens is 620 g/mol. The van der Waals surface area contributed by atoms with Gasteiger partial charge < -0.3 is 25.2 Å². The number of carboxylic acids is 1. The molecule has 0 fully saturated rings. The van der Waals surface area contributed by atoms with Crippen LogP contribution in [0.5, 0.6) is 0 Å². The number of amides is 2. The number of nitrogens with zero attached hydrogens (tertiary/aromatic N) is 1. The van der Waals surface area contributed by atoms with Crippen LogP contribution in [0.4, 0.5) is 4.79 Å². The summed E-state index contributed by atoms with van der Waals surface area (Å²) in [4.78, 5) is 46.6. The molecule has 0 heterocycles. The van der Waals surface area contributed by atoms with Crippen LogP contribution in [0, 0.1) is 5.92 Å². The van der Waals surface area contributed by atoms with E-state index in [4.69, 9.17) is 9.84 Å². The molecule has 2 amide bonds. The highest BCUT2D eigenvalue weighted by molar-refractivity contribution is 7.90. The van der Waals surface area contributed by atoms with E-state index in [9.17, 15) is 45.7 Å². The van der Waals surface area contributed by atoms with E-state index in [-0.39, 0.29) is 24.2 Å². The third-order valence-corrected chi connectivity index (χ3v) is 7.98. The maximum absolute atomic E-state index is 12.9. The first kappa shape index (κ1) is 39.7. The van der Waals surface area contributed by atoms with Gasteiger partial charge in [0.05, 0.1) is 18.4 Å². The summed E-state index contributed by atoms with van der Waals surface area (Å²) in [6, 6.07) is 5.30. The SMILES string of the molecule is C=CC(=O)O.C=Cc1ccccc1C(=C)C(=O)NC(C(C)CN(C(=O)O)C(CCOC(=O)C(=C)C)CS(C)(=O)=O)S(=O)(=O)O. The van der Waals surface area contributed by atoms with Gasteiger partial charge in [-0.2, -0.15) is 8.42 Å². The monoisotopic (exact) mass is 658 g/mol. The molecule has 0 aliphatic rings. The van der Waals surface area contributed by atoms with E-state index >= 15 is 0 Å². The second kappa shape index (κ2) is 17.7. The lowest BCUT2D eigenvalue weighted by Crippen LogP contribution is -2.52. The van der Waals surface area contributed by atoms with Gasteiger partial charge in [0.1, 0.15) is 9.84 Å². The third kappa shape index (κ3) is 14.3. The zero-order valence-corrected chi connectivity index (χ0v) is 26.3. The highest BCUT2D eigenvalue weighted by atomic mass is 32.2. The van der Waals surface area contributed by atoms with Gasteiger partial charge in [0, 0.05) is 42.4 Å². The summed E-state index contributed by atoms with van der Waals surface area (Å²) in [6.45, 7) is 15.4. The molecule has 3 unspecified atom stereocenters. The third-order valence-electron chi connectivity index (χ3n) is 5.76. The minimum absolute atomic E-state index is 0.0856. The van der Waals surface area contributed by atoms with Gasteiger partial charge >= 0.3 is 18.0 Å². The molecule has 16 heteroatoms. The van der Waals surface area contributed by atoms with Crippen molar-refractivity contribution >= 4 is 55.5 Å². The molecule has 1 rings (SSSR count). The van der Waals surface area contributed by atoms with Gasteiger partial charge in [-0.05, 0) is 18.1 Å². The Morgan fingerprint density at radius 1 is 1.07 bits per heavy atom. The van der Waals surface area contributed by atoms with Crippen LogP contribution in [0.3, 0.4) is 0 Å². The molecule has 0 saturated carbocycles. The van der Waals surface area contributed by atoms with Crippen LogP contribution in [0.1, 0.15) is 31.4 Å². The van der Waals surface area contributed by atoms with E-state index in [0.29, 0.717) is 16.0 Å². The van der Waals surface area contributed by atoms with Crippen molar-refractivity contribution < 1.29 is 55.5 Å². The topological polar surface area (TPSA) is 222 Å². The van der Waals surface area contributed by atoms with Crippen LogP contribution in [-0.4, -0.2) is 97.0 Å². The Hall–Kier alpha value is -4.28. The van der Waals surface area contributed by atoms with E-state index in [1.54, 1.807) is 24.3 Å². The second-order valence-corrected chi connectivity index (χ2v) is 13.3. The Balaban J connectivity index is 0.00000340. The van der Waals surface area contributed by atoms with Gasteiger partial charge in [-0.25, -0.2) is 22.8 Å². The number of nitrogens with one attached hydrogen (secondary N) is 1. The molecular formula is C28H38N2O12S2. The van der Waals surface area contributed by atoms with Crippen molar-refractivity contribution in [2.45, 2.75) is 31.7 Å². The fourth-order valence-corrected chi connectivity index (χ4v) is 5.65. The second-order valence-electron chi connectivity index (χ2n) is 9.58. The van der Waals surface area contributed by atoms with Crippen LogP contribution in [0.2, 0.25) is 0 Å². The van der Waals surface area contributed by atoms with Gasteiger partial charge in [-0.15, -0.1) is 0 Å². The van der Waals surface area contributed by atoms with Gasteiger partial charge in [-0.1, -0.05) is 63.6 Å². The van der Waals surface area contributed by atoms with Crippen molar-refractivity contribution in [2.75, 3.05) is 25.2 Å². The van der Waals surface area contributed by atoms with Crippen molar-refractivity contribution in [1.82, 2.24) is 10.2 Å². The summed E-state index contributed by atoms with van der Waals surface area (Å²) < 4.78 is 63.3. The number of benzene rings is 1. The predicted octanol–water partition coefficient (Wildman–Crippen LogP) is 2.47. The summed E-state index contributed by atoms with van der Waals surface area (Å²) in [5, 5.41) is 17.6. The number of carbonyl (C=O) groups is 4. The standard InChI is InChI=1S/C25H34N2O10S2.C3H4O2/c1-7-19-10-8-9-11-21(19)18(5)22(28)26-23(39(34,35)36)17(4)14-27(25(30)31)20(15-38(6,32)33)12-13-37-24(29)16(2)3;1-2-3(4)5/h7-11,17,20,23H,1-2,5,12-15H2,3-4,6H3,(H,26,28)(H,30,31)(H,34,35,36);2H,1H2,(H,4,5). The number of carbonyl (C=O) groups excluding carboxylic acids is 2. The molecule has 1 aromatic rings. The van der Waals surface area contributed by atoms with Crippen molar-refractivity contribution in [2.24, 2.45) is 5.92 Å². The molecule has 4 N–H and O–H groups in total. The summed E-state index contributed by atoms with van der Waals surface area (Å²) in [6.07, 6.45) is 1.36. The number of hydrogen-bond donors (Lipinski definition) is 4. The number of hydrogen-bond acceptors (Lipinski definition) is 9. The van der Waals surface area contributed by atoms with Crippen molar-refractivity contribution in [3.05, 3.63) is 73.4 Å². The maximum Gasteiger partial charge on any atom is 0.407 e.